The average Bonchev–Trinajstić information content (AvgIpc) is 2.25. The lowest BCUT2D eigenvalue weighted by atomic mass is 9.78. The van der Waals surface area contributed by atoms with Gasteiger partial charge in [0.25, 0.3) is 0 Å². The minimum Gasteiger partial charge on any atom is -0.372 e. The smallest absolute Gasteiger partial charge is 0.0637 e. The molecule has 0 spiro atoms. The predicted molar refractivity (Wildman–Crippen MR) is 50.1 cm³/mol. The lowest BCUT2D eigenvalue weighted by molar-refractivity contribution is -0.0536. The van der Waals surface area contributed by atoms with E-state index >= 15 is 0 Å². The Kier molecular flexibility index (Phi) is 1.95. The van der Waals surface area contributed by atoms with E-state index in [4.69, 9.17) is 4.74 Å². The van der Waals surface area contributed by atoms with Crippen molar-refractivity contribution in [1.29, 1.82) is 0 Å². The number of ether oxygens (including phenoxy) is 1. The summed E-state index contributed by atoms with van der Waals surface area (Å²) < 4.78 is 6.06. The van der Waals surface area contributed by atoms with Gasteiger partial charge in [0, 0.05) is 0 Å². The molecule has 3 atom stereocenters. The van der Waals surface area contributed by atoms with E-state index in [1.165, 1.54) is 25.7 Å². The second-order valence-corrected chi connectivity index (χ2v) is 5.21. The Labute approximate surface area is 75.5 Å². The first-order valence-corrected chi connectivity index (χ1v) is 5.26. The Hall–Kier alpha value is -0.0400. The topological polar surface area (TPSA) is 9.23 Å². The summed E-state index contributed by atoms with van der Waals surface area (Å²) in [5, 5.41) is 0. The molecule has 2 aliphatic rings. The third kappa shape index (κ3) is 1.39. The molecule has 0 aromatic rings. The van der Waals surface area contributed by atoms with Crippen molar-refractivity contribution in [2.45, 2.75) is 58.2 Å². The van der Waals surface area contributed by atoms with Gasteiger partial charge >= 0.3 is 0 Å². The Balaban J connectivity index is 2.09. The van der Waals surface area contributed by atoms with E-state index in [9.17, 15) is 0 Å². The minimum absolute atomic E-state index is 0.161. The molecule has 70 valence electrons. The maximum Gasteiger partial charge on any atom is 0.0637 e. The largest absolute Gasteiger partial charge is 0.372 e. The highest BCUT2D eigenvalue weighted by Crippen LogP contribution is 2.44. The van der Waals surface area contributed by atoms with Gasteiger partial charge in [-0.2, -0.15) is 0 Å². The van der Waals surface area contributed by atoms with Gasteiger partial charge in [-0.3, -0.25) is 0 Å². The van der Waals surface area contributed by atoms with E-state index < -0.39 is 0 Å². The molecule has 1 nitrogen and oxygen atoms in total. The van der Waals surface area contributed by atoms with Crippen molar-refractivity contribution in [3.05, 3.63) is 0 Å². The predicted octanol–water partition coefficient (Wildman–Crippen LogP) is 2.99. The molecule has 0 aromatic heterocycles. The molecule has 0 N–H and O–H groups in total. The van der Waals surface area contributed by atoms with Crippen LogP contribution in [0.5, 0.6) is 0 Å². The summed E-state index contributed by atoms with van der Waals surface area (Å²) in [7, 11) is 0. The van der Waals surface area contributed by atoms with Crippen LogP contribution >= 0.6 is 0 Å². The van der Waals surface area contributed by atoms with Crippen LogP contribution < -0.4 is 0 Å². The molecule has 3 unspecified atom stereocenters. The molecule has 1 heteroatoms. The first kappa shape index (κ1) is 8.55. The van der Waals surface area contributed by atoms with Crippen molar-refractivity contribution in [2.75, 3.05) is 0 Å². The molecule has 2 rings (SSSR count). The zero-order valence-electron chi connectivity index (χ0n) is 8.47. The zero-order chi connectivity index (χ0) is 8.77. The Morgan fingerprint density at radius 2 is 2.00 bits per heavy atom. The number of hydrogen-bond acceptors (Lipinski definition) is 1. The molecule has 12 heavy (non-hydrogen) atoms. The molecular weight excluding hydrogens is 148 g/mol. The van der Waals surface area contributed by atoms with Crippen molar-refractivity contribution in [2.24, 2.45) is 11.8 Å². The lowest BCUT2D eigenvalue weighted by Crippen LogP contribution is -2.29. The quantitative estimate of drug-likeness (QED) is 0.540. The van der Waals surface area contributed by atoms with Crippen LogP contribution in [0.3, 0.4) is 0 Å². The van der Waals surface area contributed by atoms with Crippen LogP contribution in [0.2, 0.25) is 0 Å². The van der Waals surface area contributed by atoms with Crippen molar-refractivity contribution >= 4 is 0 Å². The molecule has 0 bridgehead atoms. The lowest BCUT2D eigenvalue weighted by Gasteiger charge is -2.30. The molecule has 1 saturated carbocycles. The number of rotatable bonds is 0. The van der Waals surface area contributed by atoms with Gasteiger partial charge in [0.05, 0.1) is 11.7 Å². The molecule has 0 aromatic carbocycles. The summed E-state index contributed by atoms with van der Waals surface area (Å²) in [4.78, 5) is 0. The van der Waals surface area contributed by atoms with Gasteiger partial charge in [-0.25, -0.2) is 0 Å². The Morgan fingerprint density at radius 1 is 1.25 bits per heavy atom. The van der Waals surface area contributed by atoms with Crippen LogP contribution in [0.4, 0.5) is 0 Å². The normalized spacial score (nSPS) is 45.8. The fourth-order valence-electron chi connectivity index (χ4n) is 2.97. The molecule has 1 heterocycles. The molecule has 2 fully saturated rings. The SMILES string of the molecule is CC1CCCC2CC(C)(C)OC12. The van der Waals surface area contributed by atoms with Gasteiger partial charge in [0.1, 0.15) is 0 Å². The molecule has 0 amide bonds. The van der Waals surface area contributed by atoms with E-state index in [0.29, 0.717) is 6.10 Å². The molecule has 1 saturated heterocycles. The second kappa shape index (κ2) is 2.73. The number of fused-ring (bicyclic) bond motifs is 1. The van der Waals surface area contributed by atoms with Crippen LogP contribution in [0.25, 0.3) is 0 Å². The number of hydrogen-bond donors (Lipinski definition) is 0. The first-order chi connectivity index (χ1) is 5.58. The summed E-state index contributed by atoms with van der Waals surface area (Å²) >= 11 is 0. The van der Waals surface area contributed by atoms with E-state index in [-0.39, 0.29) is 5.60 Å². The minimum atomic E-state index is 0.161. The summed E-state index contributed by atoms with van der Waals surface area (Å²) in [6, 6.07) is 0. The van der Waals surface area contributed by atoms with E-state index in [1.54, 1.807) is 0 Å². The third-order valence-electron chi connectivity index (χ3n) is 3.47. The molecule has 0 radical (unpaired) electrons. The highest BCUT2D eigenvalue weighted by molar-refractivity contribution is 4.92. The van der Waals surface area contributed by atoms with Gasteiger partial charge in [0.15, 0.2) is 0 Å². The summed E-state index contributed by atoms with van der Waals surface area (Å²) in [6.07, 6.45) is 6.05. The molecule has 1 aliphatic heterocycles. The maximum absolute atomic E-state index is 6.06. The molecule has 1 aliphatic carbocycles. The van der Waals surface area contributed by atoms with E-state index in [2.05, 4.69) is 20.8 Å². The Morgan fingerprint density at radius 3 is 2.67 bits per heavy atom. The summed E-state index contributed by atoms with van der Waals surface area (Å²) in [6.45, 7) is 6.81. The fourth-order valence-corrected chi connectivity index (χ4v) is 2.97. The highest BCUT2D eigenvalue weighted by atomic mass is 16.5. The maximum atomic E-state index is 6.06. The highest BCUT2D eigenvalue weighted by Gasteiger charge is 2.43. The van der Waals surface area contributed by atoms with Crippen LogP contribution in [0.15, 0.2) is 0 Å². The van der Waals surface area contributed by atoms with Crippen molar-refractivity contribution in [3.63, 3.8) is 0 Å². The van der Waals surface area contributed by atoms with Crippen LogP contribution in [0, 0.1) is 11.8 Å². The van der Waals surface area contributed by atoms with Gasteiger partial charge < -0.3 is 4.74 Å². The van der Waals surface area contributed by atoms with Gasteiger partial charge in [-0.05, 0) is 44.9 Å². The average molecular weight is 168 g/mol. The Bertz CT molecular complexity index is 174. The van der Waals surface area contributed by atoms with Gasteiger partial charge in [0.2, 0.25) is 0 Å². The van der Waals surface area contributed by atoms with Crippen molar-refractivity contribution in [1.82, 2.24) is 0 Å². The van der Waals surface area contributed by atoms with Crippen LogP contribution in [-0.2, 0) is 4.74 Å². The van der Waals surface area contributed by atoms with E-state index in [0.717, 1.165) is 11.8 Å². The monoisotopic (exact) mass is 168 g/mol. The van der Waals surface area contributed by atoms with Crippen LogP contribution in [0.1, 0.15) is 46.5 Å². The fraction of sp³-hybridized carbons (Fsp3) is 1.00. The van der Waals surface area contributed by atoms with E-state index in [1.807, 2.05) is 0 Å². The van der Waals surface area contributed by atoms with Crippen LogP contribution in [-0.4, -0.2) is 11.7 Å². The zero-order valence-corrected chi connectivity index (χ0v) is 8.47. The van der Waals surface area contributed by atoms with Crippen molar-refractivity contribution in [3.8, 4) is 0 Å². The van der Waals surface area contributed by atoms with Gasteiger partial charge in [-0.1, -0.05) is 13.3 Å². The van der Waals surface area contributed by atoms with Crippen molar-refractivity contribution < 1.29 is 4.74 Å². The second-order valence-electron chi connectivity index (χ2n) is 5.21. The van der Waals surface area contributed by atoms with Gasteiger partial charge in [-0.15, -0.1) is 0 Å². The summed E-state index contributed by atoms with van der Waals surface area (Å²) in [5.74, 6) is 1.66. The summed E-state index contributed by atoms with van der Waals surface area (Å²) in [5.41, 5.74) is 0.161. The molecular formula is C11H20O. The standard InChI is InChI=1S/C11H20O/c1-8-5-4-6-9-7-11(2,3)12-10(8)9/h8-10H,4-7H2,1-3H3. The third-order valence-corrected chi connectivity index (χ3v) is 3.47. The first-order valence-electron chi connectivity index (χ1n) is 5.26.